The third kappa shape index (κ3) is 5.20. The van der Waals surface area contributed by atoms with Crippen LogP contribution in [0.25, 0.3) is 22.8 Å². The molecule has 0 saturated carbocycles. The second-order valence-corrected chi connectivity index (χ2v) is 7.40. The highest BCUT2D eigenvalue weighted by Gasteiger charge is 2.05. The standard InChI is InChI=1S/C30H23N2/c1-2-32-20-18-29(19-21-32)27-14-16-28(17-15-27)30(23-31)22-26-12-10-25(11-13-26)9-8-24-6-4-3-5-7-24/h3-7,10-22H,2H2,1H3/q+1/b30-22+. The molecule has 0 spiro atoms. The van der Waals surface area contributed by atoms with Gasteiger partial charge >= 0.3 is 0 Å². The number of nitrogens with zero attached hydrogens (tertiary/aromatic N) is 2. The van der Waals surface area contributed by atoms with E-state index in [4.69, 9.17) is 0 Å². The summed E-state index contributed by atoms with van der Waals surface area (Å²) >= 11 is 0. The average molecular weight is 412 g/mol. The lowest BCUT2D eigenvalue weighted by molar-refractivity contribution is -0.693. The maximum atomic E-state index is 9.71. The molecule has 0 aliphatic rings. The Hall–Kier alpha value is -4.40. The molecule has 0 amide bonds. The van der Waals surface area contributed by atoms with Crippen molar-refractivity contribution < 1.29 is 4.57 Å². The Labute approximate surface area is 189 Å². The van der Waals surface area contributed by atoms with E-state index in [0.29, 0.717) is 5.57 Å². The molecule has 0 atom stereocenters. The normalized spacial score (nSPS) is 10.7. The van der Waals surface area contributed by atoms with Gasteiger partial charge in [-0.05, 0) is 59.5 Å². The van der Waals surface area contributed by atoms with Crippen LogP contribution in [0.15, 0.2) is 103 Å². The molecule has 1 heterocycles. The van der Waals surface area contributed by atoms with Crippen LogP contribution in [0, 0.1) is 23.2 Å². The Morgan fingerprint density at radius 2 is 1.34 bits per heavy atom. The van der Waals surface area contributed by atoms with E-state index >= 15 is 0 Å². The third-order valence-corrected chi connectivity index (χ3v) is 5.25. The molecule has 3 aromatic carbocycles. The van der Waals surface area contributed by atoms with E-state index in [2.05, 4.69) is 66.1 Å². The van der Waals surface area contributed by atoms with Gasteiger partial charge in [0.15, 0.2) is 12.4 Å². The van der Waals surface area contributed by atoms with Crippen molar-refractivity contribution in [2.75, 3.05) is 0 Å². The van der Waals surface area contributed by atoms with Crippen molar-refractivity contribution >= 4 is 11.6 Å². The Morgan fingerprint density at radius 3 is 1.94 bits per heavy atom. The lowest BCUT2D eigenvalue weighted by Gasteiger charge is -2.04. The van der Waals surface area contributed by atoms with Gasteiger partial charge in [-0.2, -0.15) is 5.26 Å². The molecular weight excluding hydrogens is 388 g/mol. The van der Waals surface area contributed by atoms with Gasteiger partial charge in [-0.1, -0.05) is 66.4 Å². The van der Waals surface area contributed by atoms with Gasteiger partial charge in [-0.3, -0.25) is 0 Å². The maximum Gasteiger partial charge on any atom is 0.169 e. The number of hydrogen-bond donors (Lipinski definition) is 0. The Balaban J connectivity index is 1.51. The number of pyridine rings is 1. The van der Waals surface area contributed by atoms with Crippen LogP contribution in [0.3, 0.4) is 0 Å². The van der Waals surface area contributed by atoms with E-state index in [9.17, 15) is 5.26 Å². The number of allylic oxidation sites excluding steroid dienone is 1. The minimum Gasteiger partial charge on any atom is -0.205 e. The lowest BCUT2D eigenvalue weighted by atomic mass is 9.99. The molecule has 4 aromatic rings. The van der Waals surface area contributed by atoms with Gasteiger partial charge in [0.25, 0.3) is 0 Å². The van der Waals surface area contributed by atoms with E-state index in [0.717, 1.165) is 39.9 Å². The Morgan fingerprint density at radius 1 is 0.750 bits per heavy atom. The molecule has 0 saturated heterocycles. The third-order valence-electron chi connectivity index (χ3n) is 5.25. The average Bonchev–Trinajstić information content (AvgIpc) is 2.87. The first-order valence-electron chi connectivity index (χ1n) is 10.6. The minimum atomic E-state index is 0.636. The van der Waals surface area contributed by atoms with Gasteiger partial charge in [-0.15, -0.1) is 0 Å². The van der Waals surface area contributed by atoms with Gasteiger partial charge in [0.1, 0.15) is 6.54 Å². The van der Waals surface area contributed by atoms with Crippen LogP contribution in [-0.4, -0.2) is 0 Å². The molecule has 4 rings (SSSR count). The molecule has 0 bridgehead atoms. The van der Waals surface area contributed by atoms with Crippen LogP contribution in [0.5, 0.6) is 0 Å². The summed E-state index contributed by atoms with van der Waals surface area (Å²) < 4.78 is 2.13. The SMILES string of the molecule is CC[n+]1ccc(-c2ccc(/C(C#N)=C/c3ccc(C#Cc4ccccc4)cc3)cc2)cc1. The fraction of sp³-hybridized carbons (Fsp3) is 0.0667. The first-order chi connectivity index (χ1) is 15.7. The van der Waals surface area contributed by atoms with Crippen LogP contribution < -0.4 is 4.57 Å². The van der Waals surface area contributed by atoms with Crippen LogP contribution in [0.2, 0.25) is 0 Å². The molecule has 0 unspecified atom stereocenters. The van der Waals surface area contributed by atoms with Gasteiger partial charge in [0.2, 0.25) is 0 Å². The first-order valence-corrected chi connectivity index (χ1v) is 10.6. The summed E-state index contributed by atoms with van der Waals surface area (Å²) in [4.78, 5) is 0. The highest BCUT2D eigenvalue weighted by molar-refractivity contribution is 5.90. The summed E-state index contributed by atoms with van der Waals surface area (Å²) in [5.74, 6) is 6.34. The van der Waals surface area contributed by atoms with E-state index in [-0.39, 0.29) is 0 Å². The second-order valence-electron chi connectivity index (χ2n) is 7.40. The zero-order chi connectivity index (χ0) is 22.2. The van der Waals surface area contributed by atoms with E-state index < -0.39 is 0 Å². The molecule has 0 aliphatic carbocycles. The molecular formula is C30H23N2+. The van der Waals surface area contributed by atoms with Gasteiger partial charge in [0.05, 0.1) is 11.6 Å². The number of nitriles is 1. The number of aromatic nitrogens is 1. The van der Waals surface area contributed by atoms with Crippen LogP contribution in [0.4, 0.5) is 0 Å². The zero-order valence-corrected chi connectivity index (χ0v) is 18.0. The maximum absolute atomic E-state index is 9.71. The smallest absolute Gasteiger partial charge is 0.169 e. The summed E-state index contributed by atoms with van der Waals surface area (Å²) in [6.45, 7) is 3.08. The van der Waals surface area contributed by atoms with E-state index in [1.54, 1.807) is 0 Å². The molecule has 2 heteroatoms. The summed E-state index contributed by atoms with van der Waals surface area (Å²) in [6.07, 6.45) is 6.07. The van der Waals surface area contributed by atoms with Crippen LogP contribution in [0.1, 0.15) is 29.2 Å². The minimum absolute atomic E-state index is 0.636. The second kappa shape index (κ2) is 10.1. The Kier molecular flexibility index (Phi) is 6.57. The van der Waals surface area contributed by atoms with Crippen LogP contribution in [-0.2, 0) is 6.54 Å². The van der Waals surface area contributed by atoms with Gasteiger partial charge in [-0.25, -0.2) is 4.57 Å². The predicted octanol–water partition coefficient (Wildman–Crippen LogP) is 6.12. The van der Waals surface area contributed by atoms with Crippen molar-refractivity contribution in [2.45, 2.75) is 13.5 Å². The number of hydrogen-bond acceptors (Lipinski definition) is 1. The number of benzene rings is 3. The zero-order valence-electron chi connectivity index (χ0n) is 18.0. The molecule has 0 radical (unpaired) electrons. The summed E-state index contributed by atoms with van der Waals surface area (Å²) in [6, 6.07) is 32.6. The molecule has 0 N–H and O–H groups in total. The van der Waals surface area contributed by atoms with Crippen molar-refractivity contribution in [1.82, 2.24) is 0 Å². The van der Waals surface area contributed by atoms with E-state index in [1.165, 1.54) is 0 Å². The molecule has 1 aromatic heterocycles. The molecule has 32 heavy (non-hydrogen) atoms. The topological polar surface area (TPSA) is 27.7 Å². The van der Waals surface area contributed by atoms with Crippen molar-refractivity contribution in [3.05, 3.63) is 126 Å². The summed E-state index contributed by atoms with van der Waals surface area (Å²) in [5, 5.41) is 9.71. The summed E-state index contributed by atoms with van der Waals surface area (Å²) in [7, 11) is 0. The fourth-order valence-electron chi connectivity index (χ4n) is 3.38. The van der Waals surface area contributed by atoms with Gasteiger partial charge in [0, 0.05) is 23.3 Å². The van der Waals surface area contributed by atoms with Crippen LogP contribution >= 0.6 is 0 Å². The monoisotopic (exact) mass is 411 g/mol. The first kappa shape index (κ1) is 20.9. The number of aryl methyl sites for hydroxylation is 1. The molecule has 152 valence electrons. The molecule has 0 fully saturated rings. The fourth-order valence-corrected chi connectivity index (χ4v) is 3.38. The van der Waals surface area contributed by atoms with Gasteiger partial charge < -0.3 is 0 Å². The number of rotatable bonds is 4. The highest BCUT2D eigenvalue weighted by Crippen LogP contribution is 2.23. The lowest BCUT2D eigenvalue weighted by Crippen LogP contribution is -2.30. The molecule has 2 nitrogen and oxygen atoms in total. The molecule has 0 aliphatic heterocycles. The van der Waals surface area contributed by atoms with Crippen molar-refractivity contribution in [3.8, 4) is 29.0 Å². The van der Waals surface area contributed by atoms with Crippen molar-refractivity contribution in [1.29, 1.82) is 5.26 Å². The summed E-state index contributed by atoms with van der Waals surface area (Å²) in [5.41, 5.74) is 6.75. The Bertz CT molecular complexity index is 1310. The van der Waals surface area contributed by atoms with Crippen molar-refractivity contribution in [3.63, 3.8) is 0 Å². The van der Waals surface area contributed by atoms with E-state index in [1.807, 2.05) is 72.8 Å². The quantitative estimate of drug-likeness (QED) is 0.172. The largest absolute Gasteiger partial charge is 0.205 e. The highest BCUT2D eigenvalue weighted by atomic mass is 14.9. The predicted molar refractivity (Wildman–Crippen MR) is 130 cm³/mol. The van der Waals surface area contributed by atoms with Crippen molar-refractivity contribution in [2.24, 2.45) is 0 Å².